The highest BCUT2D eigenvalue weighted by molar-refractivity contribution is 9.10. The SMILES string of the molecule is CCn1c(SCC(=O)Nc2ccc(C)cc2C)nnc1-c1cc(Br)ccc1O. The highest BCUT2D eigenvalue weighted by atomic mass is 79.9. The zero-order chi connectivity index (χ0) is 20.3. The Balaban J connectivity index is 1.73. The Morgan fingerprint density at radius 2 is 2.00 bits per heavy atom. The first kappa shape index (κ1) is 20.4. The van der Waals surface area contributed by atoms with Crippen molar-refractivity contribution in [3.8, 4) is 17.1 Å². The van der Waals surface area contributed by atoms with Crippen LogP contribution in [0.15, 0.2) is 46.0 Å². The molecule has 0 saturated carbocycles. The maximum absolute atomic E-state index is 12.4. The number of carbonyl (C=O) groups excluding carboxylic acids is 1. The van der Waals surface area contributed by atoms with E-state index < -0.39 is 0 Å². The standard InChI is InChI=1S/C20H21BrN4O2S/c1-4-25-19(15-10-14(21)6-8-17(15)26)23-24-20(25)28-11-18(27)22-16-7-5-12(2)9-13(16)3/h5-10,26H,4,11H2,1-3H3,(H,22,27). The third kappa shape index (κ3) is 4.56. The molecule has 0 fully saturated rings. The fourth-order valence-corrected chi connectivity index (χ4v) is 4.00. The van der Waals surface area contributed by atoms with E-state index in [0.717, 1.165) is 21.3 Å². The molecule has 0 atom stereocenters. The number of rotatable bonds is 6. The van der Waals surface area contributed by atoms with E-state index in [1.54, 1.807) is 18.2 Å². The first-order valence-electron chi connectivity index (χ1n) is 8.81. The van der Waals surface area contributed by atoms with Crippen LogP contribution in [0.1, 0.15) is 18.1 Å². The molecule has 146 valence electrons. The Morgan fingerprint density at radius 1 is 1.21 bits per heavy atom. The van der Waals surface area contributed by atoms with Crippen LogP contribution in [0.4, 0.5) is 5.69 Å². The minimum absolute atomic E-state index is 0.102. The van der Waals surface area contributed by atoms with Crippen LogP contribution in [0.2, 0.25) is 0 Å². The van der Waals surface area contributed by atoms with E-state index in [2.05, 4.69) is 31.4 Å². The molecule has 0 aliphatic carbocycles. The fraction of sp³-hybridized carbons (Fsp3) is 0.250. The Bertz CT molecular complexity index is 1020. The normalized spacial score (nSPS) is 10.9. The van der Waals surface area contributed by atoms with Crippen LogP contribution < -0.4 is 5.32 Å². The van der Waals surface area contributed by atoms with Gasteiger partial charge in [-0.2, -0.15) is 0 Å². The zero-order valence-electron chi connectivity index (χ0n) is 15.9. The van der Waals surface area contributed by atoms with E-state index in [1.807, 2.05) is 43.5 Å². The van der Waals surface area contributed by atoms with Crippen LogP contribution in [0, 0.1) is 13.8 Å². The lowest BCUT2D eigenvalue weighted by Crippen LogP contribution is -2.15. The number of thioether (sulfide) groups is 1. The summed E-state index contributed by atoms with van der Waals surface area (Å²) < 4.78 is 2.73. The van der Waals surface area contributed by atoms with Crippen molar-refractivity contribution < 1.29 is 9.90 Å². The lowest BCUT2D eigenvalue weighted by molar-refractivity contribution is -0.113. The first-order chi connectivity index (χ1) is 13.4. The number of aromatic hydroxyl groups is 1. The molecule has 2 aromatic carbocycles. The molecule has 2 N–H and O–H groups in total. The molecule has 0 aliphatic heterocycles. The summed E-state index contributed by atoms with van der Waals surface area (Å²) in [6, 6.07) is 11.1. The fourth-order valence-electron chi connectivity index (χ4n) is 2.84. The Kier molecular flexibility index (Phi) is 6.41. The van der Waals surface area contributed by atoms with Gasteiger partial charge in [0.25, 0.3) is 0 Å². The van der Waals surface area contributed by atoms with E-state index in [0.29, 0.717) is 23.1 Å². The molecule has 0 saturated heterocycles. The number of amides is 1. The average Bonchev–Trinajstić information content (AvgIpc) is 3.07. The lowest BCUT2D eigenvalue weighted by Gasteiger charge is -2.10. The van der Waals surface area contributed by atoms with Gasteiger partial charge in [0.1, 0.15) is 5.75 Å². The molecule has 1 aromatic heterocycles. The number of hydrogen-bond acceptors (Lipinski definition) is 5. The number of halogens is 1. The highest BCUT2D eigenvalue weighted by Gasteiger charge is 2.17. The molecular formula is C20H21BrN4O2S. The van der Waals surface area contributed by atoms with Gasteiger partial charge >= 0.3 is 0 Å². The molecule has 0 unspecified atom stereocenters. The predicted molar refractivity (Wildman–Crippen MR) is 116 cm³/mol. The number of aromatic nitrogens is 3. The van der Waals surface area contributed by atoms with Crippen molar-refractivity contribution >= 4 is 39.3 Å². The van der Waals surface area contributed by atoms with Gasteiger partial charge in [-0.3, -0.25) is 4.79 Å². The second-order valence-corrected chi connectivity index (χ2v) is 8.23. The third-order valence-electron chi connectivity index (χ3n) is 4.22. The molecule has 8 heteroatoms. The summed E-state index contributed by atoms with van der Waals surface area (Å²) >= 11 is 4.73. The number of nitrogens with one attached hydrogen (secondary N) is 1. The van der Waals surface area contributed by atoms with Crippen LogP contribution in [-0.2, 0) is 11.3 Å². The highest BCUT2D eigenvalue weighted by Crippen LogP contribution is 2.32. The van der Waals surface area contributed by atoms with Gasteiger partial charge in [0.05, 0.1) is 11.3 Å². The van der Waals surface area contributed by atoms with Crippen molar-refractivity contribution in [2.24, 2.45) is 0 Å². The second-order valence-electron chi connectivity index (χ2n) is 6.37. The smallest absolute Gasteiger partial charge is 0.234 e. The summed E-state index contributed by atoms with van der Waals surface area (Å²) in [6.45, 7) is 6.59. The van der Waals surface area contributed by atoms with Gasteiger partial charge in [0.2, 0.25) is 5.91 Å². The molecule has 3 aromatic rings. The van der Waals surface area contributed by atoms with Crippen molar-refractivity contribution in [1.29, 1.82) is 0 Å². The summed E-state index contributed by atoms with van der Waals surface area (Å²) in [6.07, 6.45) is 0. The number of phenols is 1. The van der Waals surface area contributed by atoms with Gasteiger partial charge in [-0.1, -0.05) is 45.4 Å². The number of nitrogens with zero attached hydrogens (tertiary/aromatic N) is 3. The Labute approximate surface area is 176 Å². The van der Waals surface area contributed by atoms with E-state index in [1.165, 1.54) is 11.8 Å². The summed E-state index contributed by atoms with van der Waals surface area (Å²) in [5.41, 5.74) is 3.59. The number of phenolic OH excluding ortho intramolecular Hbond substituents is 1. The largest absolute Gasteiger partial charge is 0.507 e. The molecule has 1 heterocycles. The molecule has 0 aliphatic rings. The molecule has 1 amide bonds. The van der Waals surface area contributed by atoms with Crippen LogP contribution >= 0.6 is 27.7 Å². The summed E-state index contributed by atoms with van der Waals surface area (Å²) in [7, 11) is 0. The van der Waals surface area contributed by atoms with Crippen LogP contribution in [0.3, 0.4) is 0 Å². The predicted octanol–water partition coefficient (Wildman–Crippen LogP) is 4.78. The molecule has 0 spiro atoms. The molecule has 0 radical (unpaired) electrons. The Morgan fingerprint density at radius 3 is 2.71 bits per heavy atom. The molecule has 6 nitrogen and oxygen atoms in total. The van der Waals surface area contributed by atoms with Crippen molar-refractivity contribution in [2.45, 2.75) is 32.5 Å². The molecule has 28 heavy (non-hydrogen) atoms. The van der Waals surface area contributed by atoms with Gasteiger partial charge in [0, 0.05) is 16.7 Å². The minimum atomic E-state index is -0.102. The first-order valence-corrected chi connectivity index (χ1v) is 10.6. The molecule has 0 bridgehead atoms. The van der Waals surface area contributed by atoms with Crippen LogP contribution in [0.25, 0.3) is 11.4 Å². The van der Waals surface area contributed by atoms with Gasteiger partial charge in [0.15, 0.2) is 11.0 Å². The zero-order valence-corrected chi connectivity index (χ0v) is 18.3. The van der Waals surface area contributed by atoms with Crippen LogP contribution in [-0.4, -0.2) is 31.5 Å². The Hall–Kier alpha value is -2.32. The third-order valence-corrected chi connectivity index (χ3v) is 5.68. The topological polar surface area (TPSA) is 80.0 Å². The quantitative estimate of drug-likeness (QED) is 0.517. The van der Waals surface area contributed by atoms with Crippen molar-refractivity contribution in [2.75, 3.05) is 11.1 Å². The number of aryl methyl sites for hydroxylation is 2. The van der Waals surface area contributed by atoms with E-state index in [9.17, 15) is 9.90 Å². The second kappa shape index (κ2) is 8.79. The van der Waals surface area contributed by atoms with Crippen molar-refractivity contribution in [3.05, 3.63) is 52.0 Å². The van der Waals surface area contributed by atoms with Crippen molar-refractivity contribution in [1.82, 2.24) is 14.8 Å². The maximum Gasteiger partial charge on any atom is 0.234 e. The van der Waals surface area contributed by atoms with Crippen molar-refractivity contribution in [3.63, 3.8) is 0 Å². The summed E-state index contributed by atoms with van der Waals surface area (Å²) in [4.78, 5) is 12.4. The molecule has 3 rings (SSSR count). The average molecular weight is 461 g/mol. The minimum Gasteiger partial charge on any atom is -0.507 e. The van der Waals surface area contributed by atoms with E-state index in [-0.39, 0.29) is 17.4 Å². The summed E-state index contributed by atoms with van der Waals surface area (Å²) in [5, 5.41) is 22.2. The van der Waals surface area contributed by atoms with Gasteiger partial charge < -0.3 is 15.0 Å². The number of benzene rings is 2. The van der Waals surface area contributed by atoms with Gasteiger partial charge in [-0.05, 0) is 50.6 Å². The van der Waals surface area contributed by atoms with E-state index >= 15 is 0 Å². The monoisotopic (exact) mass is 460 g/mol. The summed E-state index contributed by atoms with van der Waals surface area (Å²) in [5.74, 6) is 0.818. The number of hydrogen-bond donors (Lipinski definition) is 2. The maximum atomic E-state index is 12.4. The van der Waals surface area contributed by atoms with Gasteiger partial charge in [-0.15, -0.1) is 10.2 Å². The number of anilines is 1. The lowest BCUT2D eigenvalue weighted by atomic mass is 10.1. The van der Waals surface area contributed by atoms with E-state index in [4.69, 9.17) is 0 Å². The number of carbonyl (C=O) groups is 1. The van der Waals surface area contributed by atoms with Gasteiger partial charge in [-0.25, -0.2) is 0 Å². The van der Waals surface area contributed by atoms with Crippen LogP contribution in [0.5, 0.6) is 5.75 Å². The molecular weight excluding hydrogens is 440 g/mol.